The van der Waals surface area contributed by atoms with E-state index < -0.39 is 10.0 Å². The Bertz CT molecular complexity index is 924. The Kier molecular flexibility index (Phi) is 7.16. The van der Waals surface area contributed by atoms with Gasteiger partial charge in [0, 0.05) is 12.1 Å². The van der Waals surface area contributed by atoms with Crippen molar-refractivity contribution >= 4 is 10.0 Å². The highest BCUT2D eigenvalue weighted by Crippen LogP contribution is 2.31. The summed E-state index contributed by atoms with van der Waals surface area (Å²) in [4.78, 5) is 2.59. The topological polar surface area (TPSA) is 67.9 Å². The van der Waals surface area contributed by atoms with Crippen molar-refractivity contribution in [3.05, 3.63) is 53.6 Å². The largest absolute Gasteiger partial charge is 0.496 e. The van der Waals surface area contributed by atoms with Crippen LogP contribution in [0.2, 0.25) is 0 Å². The molecule has 0 saturated carbocycles. The molecule has 3 rings (SSSR count). The highest BCUT2D eigenvalue weighted by molar-refractivity contribution is 7.89. The molecule has 0 radical (unpaired) electrons. The molecule has 0 aliphatic carbocycles. The van der Waals surface area contributed by atoms with Gasteiger partial charge in [-0.05, 0) is 62.7 Å². The van der Waals surface area contributed by atoms with Crippen molar-refractivity contribution in [2.45, 2.75) is 37.1 Å². The Morgan fingerprint density at radius 1 is 1.00 bits per heavy atom. The maximum Gasteiger partial charge on any atom is 0.240 e. The number of nitrogens with zero attached hydrogens (tertiary/aromatic N) is 1. The standard InChI is InChI=1S/C22H30N2O4S/c1-17-15-18(11-12-21(17)27-2)29(25,26)23-16-20(24-13-7-4-8-14-24)19-9-5-6-10-22(19)28-3/h5-6,9-12,15,20,23H,4,7-8,13-14,16H2,1-3H3. The van der Waals surface area contributed by atoms with Gasteiger partial charge in [0.1, 0.15) is 11.5 Å². The second-order valence-corrected chi connectivity index (χ2v) is 9.10. The molecule has 1 aliphatic heterocycles. The minimum absolute atomic E-state index is 0.0828. The first-order valence-corrected chi connectivity index (χ1v) is 11.5. The normalized spacial score (nSPS) is 16.4. The lowest BCUT2D eigenvalue weighted by atomic mass is 10.0. The lowest BCUT2D eigenvalue weighted by molar-refractivity contribution is 0.162. The fraction of sp³-hybridized carbons (Fsp3) is 0.455. The summed E-state index contributed by atoms with van der Waals surface area (Å²) in [5, 5.41) is 0. The minimum Gasteiger partial charge on any atom is -0.496 e. The zero-order valence-corrected chi connectivity index (χ0v) is 18.2. The van der Waals surface area contributed by atoms with E-state index in [2.05, 4.69) is 9.62 Å². The molecule has 7 heteroatoms. The van der Waals surface area contributed by atoms with E-state index in [0.29, 0.717) is 5.75 Å². The number of sulfonamides is 1. The summed E-state index contributed by atoms with van der Waals surface area (Å²) >= 11 is 0. The zero-order chi connectivity index (χ0) is 20.9. The molecule has 158 valence electrons. The monoisotopic (exact) mass is 418 g/mol. The molecule has 1 saturated heterocycles. The Labute approximate surface area is 173 Å². The summed E-state index contributed by atoms with van der Waals surface area (Å²) in [6.07, 6.45) is 3.46. The van der Waals surface area contributed by atoms with Crippen molar-refractivity contribution in [1.29, 1.82) is 0 Å². The molecule has 1 aliphatic rings. The van der Waals surface area contributed by atoms with E-state index in [1.54, 1.807) is 32.4 Å². The van der Waals surface area contributed by atoms with Crippen molar-refractivity contribution in [3.63, 3.8) is 0 Å². The van der Waals surface area contributed by atoms with E-state index in [1.807, 2.05) is 31.2 Å². The molecular formula is C22H30N2O4S. The molecule has 0 spiro atoms. The van der Waals surface area contributed by atoms with Gasteiger partial charge in [0.15, 0.2) is 0 Å². The van der Waals surface area contributed by atoms with Crippen LogP contribution in [0, 0.1) is 6.92 Å². The second kappa shape index (κ2) is 9.61. The van der Waals surface area contributed by atoms with Crippen LogP contribution >= 0.6 is 0 Å². The molecular weight excluding hydrogens is 388 g/mol. The Hall–Kier alpha value is -2.09. The van der Waals surface area contributed by atoms with Gasteiger partial charge in [0.05, 0.1) is 25.2 Å². The Morgan fingerprint density at radius 3 is 2.34 bits per heavy atom. The summed E-state index contributed by atoms with van der Waals surface area (Å²) in [6.45, 7) is 4.02. The number of piperidine rings is 1. The fourth-order valence-electron chi connectivity index (χ4n) is 3.90. The first-order valence-electron chi connectivity index (χ1n) is 9.97. The van der Waals surface area contributed by atoms with Crippen molar-refractivity contribution in [3.8, 4) is 11.5 Å². The van der Waals surface area contributed by atoms with E-state index in [-0.39, 0.29) is 17.5 Å². The third-order valence-corrected chi connectivity index (χ3v) is 6.89. The fourth-order valence-corrected chi connectivity index (χ4v) is 5.02. The lowest BCUT2D eigenvalue weighted by Gasteiger charge is -2.35. The van der Waals surface area contributed by atoms with Crippen LogP contribution in [0.15, 0.2) is 47.4 Å². The Morgan fingerprint density at radius 2 is 1.69 bits per heavy atom. The molecule has 1 heterocycles. The van der Waals surface area contributed by atoms with Crippen molar-refractivity contribution < 1.29 is 17.9 Å². The van der Waals surface area contributed by atoms with Crippen molar-refractivity contribution in [1.82, 2.24) is 9.62 Å². The van der Waals surface area contributed by atoms with Crippen molar-refractivity contribution in [2.24, 2.45) is 0 Å². The lowest BCUT2D eigenvalue weighted by Crippen LogP contribution is -2.40. The van der Waals surface area contributed by atoms with Gasteiger partial charge < -0.3 is 9.47 Å². The second-order valence-electron chi connectivity index (χ2n) is 7.34. The van der Waals surface area contributed by atoms with Gasteiger partial charge in [0.2, 0.25) is 10.0 Å². The van der Waals surface area contributed by atoms with Gasteiger partial charge in [-0.15, -0.1) is 0 Å². The quantitative estimate of drug-likeness (QED) is 0.710. The summed E-state index contributed by atoms with van der Waals surface area (Å²) < 4.78 is 39.5. The van der Waals surface area contributed by atoms with E-state index >= 15 is 0 Å². The van der Waals surface area contributed by atoms with Crippen LogP contribution in [0.5, 0.6) is 11.5 Å². The highest BCUT2D eigenvalue weighted by Gasteiger charge is 2.27. The summed E-state index contributed by atoms with van der Waals surface area (Å²) in [5.74, 6) is 1.45. The molecule has 1 unspecified atom stereocenters. The van der Waals surface area contributed by atoms with Crippen molar-refractivity contribution in [2.75, 3.05) is 33.9 Å². The molecule has 6 nitrogen and oxygen atoms in total. The summed E-state index contributed by atoms with van der Waals surface area (Å²) in [6, 6.07) is 12.7. The number of nitrogens with one attached hydrogen (secondary N) is 1. The smallest absolute Gasteiger partial charge is 0.240 e. The predicted molar refractivity (Wildman–Crippen MR) is 114 cm³/mol. The molecule has 0 amide bonds. The number of ether oxygens (including phenoxy) is 2. The zero-order valence-electron chi connectivity index (χ0n) is 17.3. The molecule has 1 atom stereocenters. The number of hydrogen-bond donors (Lipinski definition) is 1. The van der Waals surface area contributed by atoms with Gasteiger partial charge >= 0.3 is 0 Å². The third kappa shape index (κ3) is 5.10. The molecule has 2 aromatic carbocycles. The number of benzene rings is 2. The van der Waals surface area contributed by atoms with E-state index in [1.165, 1.54) is 6.42 Å². The van der Waals surface area contributed by atoms with E-state index in [0.717, 1.165) is 42.8 Å². The maximum absolute atomic E-state index is 13.0. The predicted octanol–water partition coefficient (Wildman–Crippen LogP) is 3.52. The van der Waals surface area contributed by atoms with E-state index in [9.17, 15) is 8.42 Å². The van der Waals surface area contributed by atoms with Crippen LogP contribution < -0.4 is 14.2 Å². The number of methoxy groups -OCH3 is 2. The van der Waals surface area contributed by atoms with Crippen LogP contribution in [0.4, 0.5) is 0 Å². The first-order chi connectivity index (χ1) is 14.0. The Balaban J connectivity index is 1.85. The van der Waals surface area contributed by atoms with Gasteiger partial charge in [-0.1, -0.05) is 24.6 Å². The van der Waals surface area contributed by atoms with Crippen LogP contribution in [0.1, 0.15) is 36.4 Å². The molecule has 0 bridgehead atoms. The molecule has 2 aromatic rings. The summed E-state index contributed by atoms with van der Waals surface area (Å²) in [7, 11) is -0.418. The first kappa shape index (κ1) is 21.6. The number of rotatable bonds is 8. The minimum atomic E-state index is -3.64. The average Bonchev–Trinajstić information content (AvgIpc) is 2.75. The average molecular weight is 419 g/mol. The van der Waals surface area contributed by atoms with Gasteiger partial charge in [0.25, 0.3) is 0 Å². The van der Waals surface area contributed by atoms with Gasteiger partial charge in [-0.2, -0.15) is 0 Å². The molecule has 1 N–H and O–H groups in total. The highest BCUT2D eigenvalue weighted by atomic mass is 32.2. The van der Waals surface area contributed by atoms with Crippen LogP contribution in [-0.4, -0.2) is 47.2 Å². The van der Waals surface area contributed by atoms with E-state index in [4.69, 9.17) is 9.47 Å². The van der Waals surface area contributed by atoms with Crippen LogP contribution in [0.25, 0.3) is 0 Å². The van der Waals surface area contributed by atoms with Crippen LogP contribution in [-0.2, 0) is 10.0 Å². The molecule has 29 heavy (non-hydrogen) atoms. The number of hydrogen-bond acceptors (Lipinski definition) is 5. The summed E-state index contributed by atoms with van der Waals surface area (Å²) in [5.41, 5.74) is 1.79. The number of aryl methyl sites for hydroxylation is 1. The maximum atomic E-state index is 13.0. The number of likely N-dealkylation sites (tertiary alicyclic amines) is 1. The van der Waals surface area contributed by atoms with Gasteiger partial charge in [-0.25, -0.2) is 13.1 Å². The van der Waals surface area contributed by atoms with Gasteiger partial charge in [-0.3, -0.25) is 4.90 Å². The SMILES string of the molecule is COc1ccc(S(=O)(=O)NCC(c2ccccc2OC)N2CCCCC2)cc1C. The van der Waals surface area contributed by atoms with Crippen LogP contribution in [0.3, 0.4) is 0 Å². The third-order valence-electron chi connectivity index (χ3n) is 5.47. The molecule has 1 fully saturated rings. The number of para-hydroxylation sites is 1. The molecule has 0 aromatic heterocycles.